The van der Waals surface area contributed by atoms with E-state index in [1.165, 1.54) is 7.11 Å². The van der Waals surface area contributed by atoms with E-state index < -0.39 is 16.6 Å². The van der Waals surface area contributed by atoms with E-state index in [0.717, 1.165) is 18.0 Å². The Kier molecular flexibility index (Phi) is 4.38. The number of ether oxygens (including phenoxy) is 2. The summed E-state index contributed by atoms with van der Waals surface area (Å²) in [5.74, 6) is -0.604. The highest BCUT2D eigenvalue weighted by molar-refractivity contribution is 5.89. The molecule has 0 fully saturated rings. The number of carbonyl (C=O) groups is 1. The van der Waals surface area contributed by atoms with E-state index in [9.17, 15) is 14.9 Å². The Labute approximate surface area is 141 Å². The predicted octanol–water partition coefficient (Wildman–Crippen LogP) is 2.75. The van der Waals surface area contributed by atoms with Gasteiger partial charge in [-0.1, -0.05) is 6.07 Å². The summed E-state index contributed by atoms with van der Waals surface area (Å²) in [6.07, 6.45) is 4.54. The largest absolute Gasteiger partial charge is 0.465 e. The van der Waals surface area contributed by atoms with E-state index in [4.69, 9.17) is 4.74 Å². The van der Waals surface area contributed by atoms with Crippen LogP contribution in [0, 0.1) is 10.1 Å². The smallest absolute Gasteiger partial charge is 0.339 e. The topological polar surface area (TPSA) is 109 Å². The van der Waals surface area contributed by atoms with Crippen LogP contribution in [0.25, 0.3) is 5.69 Å². The van der Waals surface area contributed by atoms with Crippen molar-refractivity contribution in [3.8, 4) is 17.3 Å². The molecule has 0 atom stereocenters. The fourth-order valence-electron chi connectivity index (χ4n) is 2.10. The molecule has 126 valence electrons. The van der Waals surface area contributed by atoms with Crippen LogP contribution in [0.2, 0.25) is 0 Å². The zero-order valence-corrected chi connectivity index (χ0v) is 13.0. The van der Waals surface area contributed by atoms with Crippen molar-refractivity contribution in [2.75, 3.05) is 7.11 Å². The molecule has 2 heterocycles. The van der Waals surface area contributed by atoms with Crippen molar-refractivity contribution in [1.29, 1.82) is 0 Å². The Morgan fingerprint density at radius 1 is 1.28 bits per heavy atom. The molecule has 9 heteroatoms. The fraction of sp³-hybridized carbons (Fsp3) is 0.0625. The van der Waals surface area contributed by atoms with Gasteiger partial charge in [0.05, 0.1) is 23.3 Å². The van der Waals surface area contributed by atoms with Gasteiger partial charge in [-0.05, 0) is 18.2 Å². The first-order valence-electron chi connectivity index (χ1n) is 7.09. The number of hydrogen-bond donors (Lipinski definition) is 0. The van der Waals surface area contributed by atoms with Crippen LogP contribution in [0.1, 0.15) is 10.4 Å². The normalized spacial score (nSPS) is 10.3. The van der Waals surface area contributed by atoms with Crippen molar-refractivity contribution in [2.24, 2.45) is 0 Å². The quantitative estimate of drug-likeness (QED) is 0.399. The second-order valence-corrected chi connectivity index (χ2v) is 4.85. The molecule has 3 aromatic rings. The molecule has 1 aromatic carbocycles. The van der Waals surface area contributed by atoms with Gasteiger partial charge in [0, 0.05) is 30.7 Å². The lowest BCUT2D eigenvalue weighted by Gasteiger charge is -2.08. The third-order valence-electron chi connectivity index (χ3n) is 3.25. The van der Waals surface area contributed by atoms with Crippen molar-refractivity contribution in [3.05, 3.63) is 70.7 Å². The number of carbonyl (C=O) groups excluding carboxylic acids is 1. The molecule has 0 aliphatic carbocycles. The number of rotatable bonds is 5. The second kappa shape index (κ2) is 6.79. The highest BCUT2D eigenvalue weighted by Crippen LogP contribution is 2.30. The molecular formula is C16H12N4O5. The summed E-state index contributed by atoms with van der Waals surface area (Å²) >= 11 is 0. The molecular weight excluding hydrogens is 328 g/mol. The molecule has 0 aliphatic rings. The average molecular weight is 340 g/mol. The molecule has 0 aliphatic heterocycles. The van der Waals surface area contributed by atoms with E-state index in [1.807, 2.05) is 6.07 Å². The minimum atomic E-state index is -0.720. The van der Waals surface area contributed by atoms with Crippen LogP contribution in [0.5, 0.6) is 11.6 Å². The monoisotopic (exact) mass is 340 g/mol. The van der Waals surface area contributed by atoms with Crippen LogP contribution in [-0.4, -0.2) is 32.8 Å². The van der Waals surface area contributed by atoms with Crippen LogP contribution in [0.4, 0.5) is 5.69 Å². The van der Waals surface area contributed by atoms with Crippen molar-refractivity contribution in [2.45, 2.75) is 0 Å². The van der Waals surface area contributed by atoms with Crippen molar-refractivity contribution >= 4 is 11.7 Å². The molecule has 0 radical (unpaired) electrons. The molecule has 3 rings (SSSR count). The van der Waals surface area contributed by atoms with E-state index in [1.54, 1.807) is 41.3 Å². The Hall–Kier alpha value is -3.75. The highest BCUT2D eigenvalue weighted by Gasteiger charge is 2.21. The number of methoxy groups -OCH3 is 1. The summed E-state index contributed by atoms with van der Waals surface area (Å²) in [4.78, 5) is 25.9. The van der Waals surface area contributed by atoms with E-state index >= 15 is 0 Å². The zero-order chi connectivity index (χ0) is 17.8. The molecule has 9 nitrogen and oxygen atoms in total. The van der Waals surface area contributed by atoms with Gasteiger partial charge in [0.2, 0.25) is 0 Å². The Balaban J connectivity index is 1.94. The molecule has 0 N–H and O–H groups in total. The molecule has 0 spiro atoms. The zero-order valence-electron chi connectivity index (χ0n) is 13.0. The molecule has 0 bridgehead atoms. The first kappa shape index (κ1) is 16.1. The maximum Gasteiger partial charge on any atom is 0.339 e. The van der Waals surface area contributed by atoms with Gasteiger partial charge < -0.3 is 9.47 Å². The third-order valence-corrected chi connectivity index (χ3v) is 3.25. The molecule has 2 aromatic heterocycles. The number of benzene rings is 1. The van der Waals surface area contributed by atoms with Crippen molar-refractivity contribution in [1.82, 2.24) is 14.8 Å². The van der Waals surface area contributed by atoms with Crippen LogP contribution in [0.3, 0.4) is 0 Å². The summed E-state index contributed by atoms with van der Waals surface area (Å²) in [6, 6.07) is 9.65. The fourth-order valence-corrected chi connectivity index (χ4v) is 2.10. The predicted molar refractivity (Wildman–Crippen MR) is 85.9 cm³/mol. The number of aromatic nitrogens is 3. The van der Waals surface area contributed by atoms with Gasteiger partial charge in [-0.25, -0.2) is 14.5 Å². The third kappa shape index (κ3) is 3.44. The van der Waals surface area contributed by atoms with Crippen LogP contribution >= 0.6 is 0 Å². The maximum absolute atomic E-state index is 11.5. The summed E-state index contributed by atoms with van der Waals surface area (Å²) < 4.78 is 11.7. The number of nitrogens with zero attached hydrogens (tertiary/aromatic N) is 4. The van der Waals surface area contributed by atoms with Gasteiger partial charge in [-0.2, -0.15) is 5.10 Å². The number of pyridine rings is 1. The highest BCUT2D eigenvalue weighted by atomic mass is 16.6. The van der Waals surface area contributed by atoms with Gasteiger partial charge in [0.1, 0.15) is 5.75 Å². The lowest BCUT2D eigenvalue weighted by molar-refractivity contribution is -0.386. The molecule has 0 amide bonds. The van der Waals surface area contributed by atoms with Gasteiger partial charge in [0.25, 0.3) is 5.88 Å². The number of hydrogen-bond acceptors (Lipinski definition) is 7. The van der Waals surface area contributed by atoms with Crippen LogP contribution in [-0.2, 0) is 4.74 Å². The molecule has 25 heavy (non-hydrogen) atoms. The lowest BCUT2D eigenvalue weighted by Crippen LogP contribution is -2.04. The minimum absolute atomic E-state index is 0.0353. The Morgan fingerprint density at radius 3 is 2.80 bits per heavy atom. The lowest BCUT2D eigenvalue weighted by atomic mass is 10.2. The first-order valence-corrected chi connectivity index (χ1v) is 7.09. The Bertz CT molecular complexity index is 924. The van der Waals surface area contributed by atoms with Crippen LogP contribution < -0.4 is 4.74 Å². The summed E-state index contributed by atoms with van der Waals surface area (Å²) in [5.41, 5.74) is 0.246. The van der Waals surface area contributed by atoms with E-state index in [0.29, 0.717) is 5.75 Å². The van der Waals surface area contributed by atoms with Crippen LogP contribution in [0.15, 0.2) is 55.0 Å². The average Bonchev–Trinajstić information content (AvgIpc) is 3.16. The SMILES string of the molecule is COC(=O)c1cnc(Oc2cccc(-n3cccn3)c2)c([N+](=O)[O-])c1. The molecule has 0 unspecified atom stereocenters. The summed E-state index contributed by atoms with van der Waals surface area (Å²) in [5, 5.41) is 15.4. The van der Waals surface area contributed by atoms with E-state index in [2.05, 4.69) is 14.8 Å². The van der Waals surface area contributed by atoms with Gasteiger partial charge >= 0.3 is 11.7 Å². The first-order chi connectivity index (χ1) is 12.1. The second-order valence-electron chi connectivity index (χ2n) is 4.85. The van der Waals surface area contributed by atoms with E-state index in [-0.39, 0.29) is 11.4 Å². The maximum atomic E-state index is 11.5. The van der Waals surface area contributed by atoms with Gasteiger partial charge in [0.15, 0.2) is 0 Å². The summed E-state index contributed by atoms with van der Waals surface area (Å²) in [6.45, 7) is 0. The summed E-state index contributed by atoms with van der Waals surface area (Å²) in [7, 11) is 1.18. The number of esters is 1. The van der Waals surface area contributed by atoms with Gasteiger partial charge in [-0.15, -0.1) is 0 Å². The minimum Gasteiger partial charge on any atom is -0.465 e. The van der Waals surface area contributed by atoms with Crippen molar-refractivity contribution < 1.29 is 19.2 Å². The van der Waals surface area contributed by atoms with Crippen molar-refractivity contribution in [3.63, 3.8) is 0 Å². The Morgan fingerprint density at radius 2 is 2.12 bits per heavy atom. The standard InChI is InChI=1S/C16H12N4O5/c1-24-16(21)11-8-14(20(22)23)15(17-10-11)25-13-5-2-4-12(9-13)19-7-3-6-18-19/h2-10H,1H3. The molecule has 0 saturated carbocycles. The number of nitro groups is 1. The molecule has 0 saturated heterocycles. The van der Waals surface area contributed by atoms with Gasteiger partial charge in [-0.3, -0.25) is 10.1 Å².